The third kappa shape index (κ3) is 4.45. The molecule has 1 atom stereocenters. The van der Waals surface area contributed by atoms with Crippen molar-refractivity contribution in [2.45, 2.75) is 13.0 Å². The molecule has 2 aromatic rings. The number of nitrogens with zero attached hydrogens (tertiary/aromatic N) is 4. The van der Waals surface area contributed by atoms with Crippen molar-refractivity contribution in [2.24, 2.45) is 0 Å². The molecule has 1 fully saturated rings. The van der Waals surface area contributed by atoms with Crippen molar-refractivity contribution in [1.29, 1.82) is 0 Å². The first-order valence-electron chi connectivity index (χ1n) is 7.52. The molecule has 1 amide bonds. The van der Waals surface area contributed by atoms with Crippen LogP contribution in [-0.4, -0.2) is 57.8 Å². The quantitative estimate of drug-likeness (QED) is 0.854. The van der Waals surface area contributed by atoms with E-state index in [4.69, 9.17) is 11.6 Å². The van der Waals surface area contributed by atoms with Gasteiger partial charge in [-0.1, -0.05) is 11.6 Å². The Bertz CT molecular complexity index is 679. The Labute approximate surface area is 151 Å². The number of carbonyl (C=O) groups excluding carboxylic acids is 1. The predicted octanol–water partition coefficient (Wildman–Crippen LogP) is 1.57. The van der Waals surface area contributed by atoms with E-state index in [0.717, 1.165) is 25.3 Å². The second-order valence-corrected chi connectivity index (χ2v) is 6.01. The average Bonchev–Trinajstić information content (AvgIpc) is 3.04. The topological polar surface area (TPSA) is 75.1 Å². The molecule has 2 heterocycles. The molecule has 0 bridgehead atoms. The van der Waals surface area contributed by atoms with E-state index in [2.05, 4.69) is 32.5 Å². The highest BCUT2D eigenvalue weighted by Crippen LogP contribution is 2.24. The van der Waals surface area contributed by atoms with E-state index in [-0.39, 0.29) is 18.3 Å². The van der Waals surface area contributed by atoms with E-state index in [1.165, 1.54) is 6.33 Å². The van der Waals surface area contributed by atoms with Gasteiger partial charge in [0.05, 0.1) is 17.9 Å². The lowest BCUT2D eigenvalue weighted by Crippen LogP contribution is -2.52. The van der Waals surface area contributed by atoms with Crippen LogP contribution in [0.5, 0.6) is 0 Å². The number of benzene rings is 1. The fourth-order valence-corrected chi connectivity index (χ4v) is 2.81. The van der Waals surface area contributed by atoms with Crippen LogP contribution in [0.2, 0.25) is 5.02 Å². The molecule has 9 heteroatoms. The summed E-state index contributed by atoms with van der Waals surface area (Å²) in [6.45, 7) is 5.12. The van der Waals surface area contributed by atoms with E-state index in [9.17, 15) is 4.79 Å². The molecule has 1 aliphatic heterocycles. The van der Waals surface area contributed by atoms with Crippen molar-refractivity contribution < 1.29 is 4.79 Å². The van der Waals surface area contributed by atoms with Gasteiger partial charge in [0.15, 0.2) is 0 Å². The smallest absolute Gasteiger partial charge is 0.238 e. The summed E-state index contributed by atoms with van der Waals surface area (Å²) in [6, 6.07) is 5.62. The van der Waals surface area contributed by atoms with E-state index in [1.807, 2.05) is 0 Å². The first-order valence-corrected chi connectivity index (χ1v) is 7.90. The molecule has 7 nitrogen and oxygen atoms in total. The lowest BCUT2D eigenvalue weighted by Gasteiger charge is -2.33. The number of piperazine rings is 1. The van der Waals surface area contributed by atoms with Gasteiger partial charge in [0, 0.05) is 30.7 Å². The maximum absolute atomic E-state index is 12.4. The molecule has 0 aliphatic carbocycles. The van der Waals surface area contributed by atoms with E-state index in [1.54, 1.807) is 29.2 Å². The summed E-state index contributed by atoms with van der Waals surface area (Å²) in [5.41, 5.74) is 1.35. The summed E-state index contributed by atoms with van der Waals surface area (Å²) in [5, 5.41) is 10.9. The van der Waals surface area contributed by atoms with Crippen LogP contribution in [-0.2, 0) is 4.79 Å². The maximum atomic E-state index is 12.4. The number of anilines is 1. The third-order valence-electron chi connectivity index (χ3n) is 3.88. The number of carbonyl (C=O) groups is 1. The molecule has 0 saturated carbocycles. The molecule has 1 saturated heterocycles. The van der Waals surface area contributed by atoms with Gasteiger partial charge in [-0.15, -0.1) is 12.4 Å². The number of amides is 1. The Morgan fingerprint density at radius 3 is 3.04 bits per heavy atom. The molecular weight excluding hydrogens is 351 g/mol. The van der Waals surface area contributed by atoms with Crippen molar-refractivity contribution in [1.82, 2.24) is 25.0 Å². The van der Waals surface area contributed by atoms with Crippen LogP contribution < -0.4 is 10.6 Å². The van der Waals surface area contributed by atoms with E-state index in [0.29, 0.717) is 23.3 Å². The summed E-state index contributed by atoms with van der Waals surface area (Å²) in [4.78, 5) is 18.5. The third-order valence-corrected chi connectivity index (χ3v) is 4.12. The normalized spacial score (nSPS) is 18.0. The van der Waals surface area contributed by atoms with Crippen LogP contribution in [0.15, 0.2) is 30.9 Å². The van der Waals surface area contributed by atoms with Crippen molar-refractivity contribution >= 4 is 35.6 Å². The highest BCUT2D eigenvalue weighted by molar-refractivity contribution is 6.31. The second kappa shape index (κ2) is 8.43. The van der Waals surface area contributed by atoms with E-state index < -0.39 is 0 Å². The first-order chi connectivity index (χ1) is 11.1. The molecule has 24 heavy (non-hydrogen) atoms. The summed E-state index contributed by atoms with van der Waals surface area (Å²) in [5.74, 6) is -0.0672. The van der Waals surface area contributed by atoms with Crippen molar-refractivity contribution in [2.75, 3.05) is 31.5 Å². The second-order valence-electron chi connectivity index (χ2n) is 5.57. The van der Waals surface area contributed by atoms with Crippen molar-refractivity contribution in [3.05, 3.63) is 35.9 Å². The van der Waals surface area contributed by atoms with Gasteiger partial charge in [0.2, 0.25) is 5.91 Å². The first kappa shape index (κ1) is 18.7. The fourth-order valence-electron chi connectivity index (χ4n) is 2.63. The lowest BCUT2D eigenvalue weighted by molar-refractivity contribution is -0.118. The van der Waals surface area contributed by atoms with Gasteiger partial charge >= 0.3 is 0 Å². The highest BCUT2D eigenvalue weighted by atomic mass is 35.5. The van der Waals surface area contributed by atoms with Gasteiger partial charge < -0.3 is 10.6 Å². The zero-order chi connectivity index (χ0) is 16.2. The molecule has 0 unspecified atom stereocenters. The fraction of sp³-hybridized carbons (Fsp3) is 0.400. The lowest BCUT2D eigenvalue weighted by atomic mass is 10.2. The summed E-state index contributed by atoms with van der Waals surface area (Å²) in [7, 11) is 0. The molecule has 130 valence electrons. The molecule has 1 aromatic carbocycles. The largest absolute Gasteiger partial charge is 0.323 e. The number of hydrogen-bond acceptors (Lipinski definition) is 5. The van der Waals surface area contributed by atoms with Gasteiger partial charge in [-0.3, -0.25) is 9.69 Å². The number of aromatic nitrogens is 3. The van der Waals surface area contributed by atoms with Crippen molar-refractivity contribution in [3.8, 4) is 5.69 Å². The predicted molar refractivity (Wildman–Crippen MR) is 96.2 cm³/mol. The molecule has 0 radical (unpaired) electrons. The molecule has 1 aromatic heterocycles. The Balaban J connectivity index is 0.00000208. The van der Waals surface area contributed by atoms with Gasteiger partial charge in [0.1, 0.15) is 12.7 Å². The average molecular weight is 371 g/mol. The molecular formula is C15H20Cl2N6O. The van der Waals surface area contributed by atoms with Crippen LogP contribution in [0.4, 0.5) is 5.69 Å². The van der Waals surface area contributed by atoms with Gasteiger partial charge in [-0.2, -0.15) is 5.10 Å². The van der Waals surface area contributed by atoms with Crippen molar-refractivity contribution in [3.63, 3.8) is 0 Å². The zero-order valence-electron chi connectivity index (χ0n) is 13.3. The molecule has 3 rings (SSSR count). The van der Waals surface area contributed by atoms with Crippen LogP contribution in [0.1, 0.15) is 6.92 Å². The minimum atomic E-state index is -0.0672. The zero-order valence-corrected chi connectivity index (χ0v) is 14.8. The minimum absolute atomic E-state index is 0. The van der Waals surface area contributed by atoms with Gasteiger partial charge in [-0.25, -0.2) is 9.67 Å². The minimum Gasteiger partial charge on any atom is -0.323 e. The SMILES string of the molecule is C[C@H]1CNCCN1CC(=O)Nc1cc(Cl)ccc1-n1cncn1.Cl. The summed E-state index contributed by atoms with van der Waals surface area (Å²) in [6.07, 6.45) is 3.03. The Morgan fingerprint density at radius 2 is 2.33 bits per heavy atom. The number of nitrogens with one attached hydrogen (secondary N) is 2. The standard InChI is InChI=1S/C15H19ClN6O.ClH/c1-11-7-17-4-5-21(11)8-15(23)20-13-6-12(16)2-3-14(13)22-10-18-9-19-22;/h2-3,6,9-11,17H,4-5,7-8H2,1H3,(H,20,23);1H/t11-;/m0./s1. The summed E-state index contributed by atoms with van der Waals surface area (Å²) >= 11 is 6.06. The maximum Gasteiger partial charge on any atom is 0.238 e. The molecule has 2 N–H and O–H groups in total. The van der Waals surface area contributed by atoms with E-state index >= 15 is 0 Å². The number of rotatable bonds is 4. The molecule has 0 spiro atoms. The molecule has 1 aliphatic rings. The monoisotopic (exact) mass is 370 g/mol. The summed E-state index contributed by atoms with van der Waals surface area (Å²) < 4.78 is 1.60. The van der Waals surface area contributed by atoms with Crippen LogP contribution >= 0.6 is 24.0 Å². The number of halogens is 2. The van der Waals surface area contributed by atoms with Gasteiger partial charge in [0.25, 0.3) is 0 Å². The Hall–Kier alpha value is -1.67. The van der Waals surface area contributed by atoms with Gasteiger partial charge in [-0.05, 0) is 25.1 Å². The number of hydrogen-bond donors (Lipinski definition) is 2. The Kier molecular flexibility index (Phi) is 6.56. The van der Waals surface area contributed by atoms with Crippen LogP contribution in [0.25, 0.3) is 5.69 Å². The van der Waals surface area contributed by atoms with Crippen LogP contribution in [0, 0.1) is 0 Å². The Morgan fingerprint density at radius 1 is 1.50 bits per heavy atom. The van der Waals surface area contributed by atoms with Crippen LogP contribution in [0.3, 0.4) is 0 Å². The highest BCUT2D eigenvalue weighted by Gasteiger charge is 2.20.